The zero-order valence-electron chi connectivity index (χ0n) is 11.5. The number of nitrogens with zero attached hydrogens (tertiary/aromatic N) is 2. The summed E-state index contributed by atoms with van der Waals surface area (Å²) in [5.41, 5.74) is 1.90. The smallest absolute Gasteiger partial charge is 0.317 e. The Bertz CT molecular complexity index is 477. The number of carboxylic acid groups (broad SMARTS) is 1. The van der Waals surface area contributed by atoms with E-state index >= 15 is 0 Å². The van der Waals surface area contributed by atoms with Crippen LogP contribution in [0.5, 0.6) is 0 Å². The van der Waals surface area contributed by atoms with Crippen molar-refractivity contribution in [3.63, 3.8) is 0 Å². The van der Waals surface area contributed by atoms with Crippen LogP contribution in [0.1, 0.15) is 25.5 Å². The minimum atomic E-state index is -0.836. The lowest BCUT2D eigenvalue weighted by molar-refractivity contribution is -0.150. The molecule has 1 aliphatic heterocycles. The molecule has 7 heteroatoms. The van der Waals surface area contributed by atoms with Crippen molar-refractivity contribution in [1.82, 2.24) is 15.2 Å². The molecule has 1 aromatic rings. The molecule has 1 saturated heterocycles. The molecule has 2 heterocycles. The first-order valence-electron chi connectivity index (χ1n) is 6.64. The number of nitrogens with one attached hydrogen (secondary N) is 1. The van der Waals surface area contributed by atoms with Crippen LogP contribution in [0, 0.1) is 5.41 Å². The fourth-order valence-electron chi connectivity index (χ4n) is 2.36. The van der Waals surface area contributed by atoms with Crippen molar-refractivity contribution < 1.29 is 14.7 Å². The molecule has 20 heavy (non-hydrogen) atoms. The summed E-state index contributed by atoms with van der Waals surface area (Å²) in [6, 6.07) is -0.188. The van der Waals surface area contributed by atoms with Crippen molar-refractivity contribution in [1.29, 1.82) is 0 Å². The van der Waals surface area contributed by atoms with Gasteiger partial charge in [0, 0.05) is 31.4 Å². The molecule has 1 aliphatic rings. The highest BCUT2D eigenvalue weighted by Gasteiger charge is 2.39. The standard InChI is InChI=1S/C13H19N3O3S/c1-13(11(17)18)4-2-6-16(8-13)12(19)14-5-3-10-7-20-9-15-10/h7,9H,2-6,8H2,1H3,(H,14,19)(H,17,18). The van der Waals surface area contributed by atoms with Gasteiger partial charge in [0.25, 0.3) is 0 Å². The second-order valence-electron chi connectivity index (χ2n) is 5.35. The Morgan fingerprint density at radius 2 is 2.40 bits per heavy atom. The van der Waals surface area contributed by atoms with Gasteiger partial charge in [-0.15, -0.1) is 11.3 Å². The van der Waals surface area contributed by atoms with Gasteiger partial charge in [-0.1, -0.05) is 0 Å². The Morgan fingerprint density at radius 3 is 3.05 bits per heavy atom. The number of hydrogen-bond acceptors (Lipinski definition) is 4. The summed E-state index contributed by atoms with van der Waals surface area (Å²) in [6.07, 6.45) is 2.03. The van der Waals surface area contributed by atoms with Crippen molar-refractivity contribution in [2.24, 2.45) is 5.41 Å². The number of urea groups is 1. The predicted octanol–water partition coefficient (Wildman–Crippen LogP) is 1.58. The van der Waals surface area contributed by atoms with Crippen LogP contribution in [0.15, 0.2) is 10.9 Å². The summed E-state index contributed by atoms with van der Waals surface area (Å²) in [7, 11) is 0. The maximum absolute atomic E-state index is 12.0. The van der Waals surface area contributed by atoms with E-state index in [0.717, 1.165) is 12.1 Å². The van der Waals surface area contributed by atoms with Crippen LogP contribution in [0.4, 0.5) is 4.79 Å². The molecule has 1 unspecified atom stereocenters. The SMILES string of the molecule is CC1(C(=O)O)CCCN(C(=O)NCCc2cscn2)C1. The van der Waals surface area contributed by atoms with E-state index in [2.05, 4.69) is 10.3 Å². The Labute approximate surface area is 121 Å². The van der Waals surface area contributed by atoms with Gasteiger partial charge in [-0.2, -0.15) is 0 Å². The average molecular weight is 297 g/mol. The Morgan fingerprint density at radius 1 is 1.60 bits per heavy atom. The van der Waals surface area contributed by atoms with Gasteiger partial charge >= 0.3 is 12.0 Å². The summed E-state index contributed by atoms with van der Waals surface area (Å²) >= 11 is 1.53. The highest BCUT2D eigenvalue weighted by Crippen LogP contribution is 2.29. The van der Waals surface area contributed by atoms with Crippen molar-refractivity contribution in [3.8, 4) is 0 Å². The second kappa shape index (κ2) is 6.21. The molecule has 0 aromatic carbocycles. The highest BCUT2D eigenvalue weighted by atomic mass is 32.1. The van der Waals surface area contributed by atoms with Gasteiger partial charge in [-0.05, 0) is 19.8 Å². The summed E-state index contributed by atoms with van der Waals surface area (Å²) in [4.78, 5) is 29.0. The van der Waals surface area contributed by atoms with Gasteiger partial charge in [-0.3, -0.25) is 4.79 Å². The molecular weight excluding hydrogens is 278 g/mol. The molecular formula is C13H19N3O3S. The normalized spacial score (nSPS) is 22.6. The summed E-state index contributed by atoms with van der Waals surface area (Å²) in [5.74, 6) is -0.836. The Balaban J connectivity index is 1.81. The van der Waals surface area contributed by atoms with Crippen molar-refractivity contribution in [2.45, 2.75) is 26.2 Å². The van der Waals surface area contributed by atoms with Crippen molar-refractivity contribution >= 4 is 23.3 Å². The van der Waals surface area contributed by atoms with Crippen LogP contribution in [-0.2, 0) is 11.2 Å². The fraction of sp³-hybridized carbons (Fsp3) is 0.615. The Hall–Kier alpha value is -1.63. The largest absolute Gasteiger partial charge is 0.481 e. The zero-order chi connectivity index (χ0) is 14.6. The van der Waals surface area contributed by atoms with E-state index in [1.54, 1.807) is 17.3 Å². The highest BCUT2D eigenvalue weighted by molar-refractivity contribution is 7.07. The van der Waals surface area contributed by atoms with E-state index in [-0.39, 0.29) is 12.6 Å². The summed E-state index contributed by atoms with van der Waals surface area (Å²) in [5, 5.41) is 14.0. The minimum Gasteiger partial charge on any atom is -0.481 e. The van der Waals surface area contributed by atoms with Crippen LogP contribution in [0.3, 0.4) is 0 Å². The lowest BCUT2D eigenvalue weighted by atomic mass is 9.82. The summed E-state index contributed by atoms with van der Waals surface area (Å²) in [6.45, 7) is 3.10. The maximum atomic E-state index is 12.0. The van der Waals surface area contributed by atoms with Crippen LogP contribution in [-0.4, -0.2) is 46.6 Å². The van der Waals surface area contributed by atoms with Gasteiger partial charge in [0.05, 0.1) is 16.6 Å². The number of carboxylic acids is 1. The molecule has 110 valence electrons. The van der Waals surface area contributed by atoms with E-state index < -0.39 is 11.4 Å². The molecule has 2 amide bonds. The topological polar surface area (TPSA) is 82.5 Å². The maximum Gasteiger partial charge on any atom is 0.317 e. The molecule has 2 N–H and O–H groups in total. The number of aliphatic carboxylic acids is 1. The summed E-state index contributed by atoms with van der Waals surface area (Å²) < 4.78 is 0. The van der Waals surface area contributed by atoms with Crippen molar-refractivity contribution in [3.05, 3.63) is 16.6 Å². The monoisotopic (exact) mass is 297 g/mol. The number of thiazole rings is 1. The first kappa shape index (κ1) is 14.8. The van der Waals surface area contributed by atoms with Crippen LogP contribution < -0.4 is 5.32 Å². The molecule has 1 aromatic heterocycles. The lowest BCUT2D eigenvalue weighted by Gasteiger charge is -2.37. The van der Waals surface area contributed by atoms with Crippen molar-refractivity contribution in [2.75, 3.05) is 19.6 Å². The Kier molecular flexibility index (Phi) is 4.59. The molecule has 6 nitrogen and oxygen atoms in total. The molecule has 0 spiro atoms. The number of hydrogen-bond donors (Lipinski definition) is 2. The van der Waals surface area contributed by atoms with E-state index in [1.165, 1.54) is 11.3 Å². The van der Waals surface area contributed by atoms with Gasteiger partial charge in [0.1, 0.15) is 0 Å². The number of amides is 2. The van der Waals surface area contributed by atoms with Crippen LogP contribution in [0.2, 0.25) is 0 Å². The number of rotatable bonds is 4. The zero-order valence-corrected chi connectivity index (χ0v) is 12.3. The van der Waals surface area contributed by atoms with E-state index in [0.29, 0.717) is 25.9 Å². The number of likely N-dealkylation sites (tertiary alicyclic amines) is 1. The number of piperidine rings is 1. The third-order valence-electron chi connectivity index (χ3n) is 3.64. The van der Waals surface area contributed by atoms with E-state index in [9.17, 15) is 14.7 Å². The first-order valence-corrected chi connectivity index (χ1v) is 7.59. The third-order valence-corrected chi connectivity index (χ3v) is 4.28. The molecule has 0 aliphatic carbocycles. The predicted molar refractivity (Wildman–Crippen MR) is 75.8 cm³/mol. The molecule has 1 fully saturated rings. The van der Waals surface area contributed by atoms with Gasteiger partial charge < -0.3 is 15.3 Å². The van der Waals surface area contributed by atoms with E-state index in [4.69, 9.17) is 0 Å². The number of carbonyl (C=O) groups excluding carboxylic acids is 1. The van der Waals surface area contributed by atoms with Crippen LogP contribution >= 0.6 is 11.3 Å². The second-order valence-corrected chi connectivity index (χ2v) is 6.07. The molecule has 0 radical (unpaired) electrons. The molecule has 0 saturated carbocycles. The third kappa shape index (κ3) is 3.47. The van der Waals surface area contributed by atoms with Gasteiger partial charge in [-0.25, -0.2) is 9.78 Å². The molecule has 0 bridgehead atoms. The average Bonchev–Trinajstić information content (AvgIpc) is 2.91. The fourth-order valence-corrected chi connectivity index (χ4v) is 2.95. The quantitative estimate of drug-likeness (QED) is 0.884. The van der Waals surface area contributed by atoms with E-state index in [1.807, 2.05) is 5.38 Å². The van der Waals surface area contributed by atoms with Gasteiger partial charge in [0.2, 0.25) is 0 Å². The van der Waals surface area contributed by atoms with Crippen LogP contribution in [0.25, 0.3) is 0 Å². The molecule has 1 atom stereocenters. The molecule has 2 rings (SSSR count). The number of aromatic nitrogens is 1. The first-order chi connectivity index (χ1) is 9.51. The number of carbonyl (C=O) groups is 2. The van der Waals surface area contributed by atoms with Gasteiger partial charge in [0.15, 0.2) is 0 Å². The minimum absolute atomic E-state index is 0.188. The lowest BCUT2D eigenvalue weighted by Crippen LogP contribution is -2.51.